The quantitative estimate of drug-likeness (QED) is 0.788. The van der Waals surface area contributed by atoms with Crippen molar-refractivity contribution in [2.24, 2.45) is 0 Å². The fourth-order valence-corrected chi connectivity index (χ4v) is 1.89. The van der Waals surface area contributed by atoms with E-state index in [0.717, 1.165) is 6.54 Å². The molecule has 1 aromatic carbocycles. The first-order valence-electron chi connectivity index (χ1n) is 5.21. The first-order valence-corrected chi connectivity index (χ1v) is 5.21. The van der Waals surface area contributed by atoms with Gasteiger partial charge < -0.3 is 10.2 Å². The van der Waals surface area contributed by atoms with E-state index < -0.39 is 0 Å². The fourth-order valence-electron chi connectivity index (χ4n) is 1.89. The van der Waals surface area contributed by atoms with E-state index in [4.69, 9.17) is 0 Å². The Bertz CT molecular complexity index is 356. The standard InChI is InChI=1S/C12H16N2O/c1-14(2)11-5-3-9(4-6-11)10-7-12(15)13-8-10/h3-6,10H,7-8H2,1-2H3,(H,13,15). The Balaban J connectivity index is 2.13. The van der Waals surface area contributed by atoms with Crippen LogP contribution in [0, 0.1) is 0 Å². The van der Waals surface area contributed by atoms with Crippen LogP contribution in [-0.2, 0) is 4.79 Å². The minimum absolute atomic E-state index is 0.164. The Morgan fingerprint density at radius 3 is 2.40 bits per heavy atom. The zero-order valence-electron chi connectivity index (χ0n) is 9.16. The fraction of sp³-hybridized carbons (Fsp3) is 0.417. The van der Waals surface area contributed by atoms with Crippen LogP contribution < -0.4 is 10.2 Å². The molecule has 1 N–H and O–H groups in total. The zero-order valence-corrected chi connectivity index (χ0v) is 9.16. The highest BCUT2D eigenvalue weighted by Gasteiger charge is 2.22. The summed E-state index contributed by atoms with van der Waals surface area (Å²) in [5.41, 5.74) is 2.44. The van der Waals surface area contributed by atoms with Crippen molar-refractivity contribution >= 4 is 11.6 Å². The average Bonchev–Trinajstić information content (AvgIpc) is 2.65. The Hall–Kier alpha value is -1.51. The SMILES string of the molecule is CN(C)c1ccc(C2CNC(=O)C2)cc1. The van der Waals surface area contributed by atoms with Crippen LogP contribution >= 0.6 is 0 Å². The third-order valence-electron chi connectivity index (χ3n) is 2.86. The summed E-state index contributed by atoms with van der Waals surface area (Å²) in [6.45, 7) is 0.778. The van der Waals surface area contributed by atoms with E-state index in [9.17, 15) is 4.79 Å². The number of carbonyl (C=O) groups excluding carboxylic acids is 1. The molecule has 0 aliphatic carbocycles. The van der Waals surface area contributed by atoms with Gasteiger partial charge in [0.25, 0.3) is 0 Å². The maximum Gasteiger partial charge on any atom is 0.220 e. The van der Waals surface area contributed by atoms with Crippen molar-refractivity contribution in [2.75, 3.05) is 25.5 Å². The van der Waals surface area contributed by atoms with Crippen molar-refractivity contribution in [2.45, 2.75) is 12.3 Å². The lowest BCUT2D eigenvalue weighted by molar-refractivity contribution is -0.119. The molecule has 1 atom stereocenters. The Kier molecular flexibility index (Phi) is 2.62. The summed E-state index contributed by atoms with van der Waals surface area (Å²) in [4.78, 5) is 13.2. The molecule has 1 aromatic rings. The second-order valence-electron chi connectivity index (χ2n) is 4.19. The highest BCUT2D eigenvalue weighted by Crippen LogP contribution is 2.24. The van der Waals surface area contributed by atoms with Gasteiger partial charge in [0.1, 0.15) is 0 Å². The van der Waals surface area contributed by atoms with Crippen molar-refractivity contribution in [3.63, 3.8) is 0 Å². The van der Waals surface area contributed by atoms with E-state index in [1.165, 1.54) is 11.3 Å². The summed E-state index contributed by atoms with van der Waals surface area (Å²) < 4.78 is 0. The van der Waals surface area contributed by atoms with E-state index in [2.05, 4.69) is 34.5 Å². The zero-order chi connectivity index (χ0) is 10.8. The third kappa shape index (κ3) is 2.12. The highest BCUT2D eigenvalue weighted by molar-refractivity contribution is 5.79. The molecule has 3 nitrogen and oxygen atoms in total. The summed E-state index contributed by atoms with van der Waals surface area (Å²) in [5, 5.41) is 2.86. The van der Waals surface area contributed by atoms with Gasteiger partial charge in [0.05, 0.1) is 0 Å². The van der Waals surface area contributed by atoms with Crippen LogP contribution in [0.15, 0.2) is 24.3 Å². The van der Waals surface area contributed by atoms with Gasteiger partial charge in [-0.15, -0.1) is 0 Å². The van der Waals surface area contributed by atoms with E-state index in [1.54, 1.807) is 0 Å². The van der Waals surface area contributed by atoms with Gasteiger partial charge in [-0.3, -0.25) is 4.79 Å². The lowest BCUT2D eigenvalue weighted by atomic mass is 9.98. The second-order valence-corrected chi connectivity index (χ2v) is 4.19. The molecule has 1 heterocycles. The minimum atomic E-state index is 0.164. The van der Waals surface area contributed by atoms with Gasteiger partial charge in [-0.25, -0.2) is 0 Å². The maximum absolute atomic E-state index is 11.1. The van der Waals surface area contributed by atoms with E-state index in [0.29, 0.717) is 12.3 Å². The monoisotopic (exact) mass is 204 g/mol. The van der Waals surface area contributed by atoms with Crippen LogP contribution in [0.3, 0.4) is 0 Å². The smallest absolute Gasteiger partial charge is 0.220 e. The summed E-state index contributed by atoms with van der Waals surface area (Å²) in [5.74, 6) is 0.519. The third-order valence-corrected chi connectivity index (χ3v) is 2.86. The molecule has 1 fully saturated rings. The predicted molar refractivity (Wildman–Crippen MR) is 61.1 cm³/mol. The number of benzene rings is 1. The van der Waals surface area contributed by atoms with E-state index in [-0.39, 0.29) is 5.91 Å². The molecule has 1 aliphatic rings. The largest absolute Gasteiger partial charge is 0.378 e. The van der Waals surface area contributed by atoms with Crippen molar-refractivity contribution in [3.8, 4) is 0 Å². The Morgan fingerprint density at radius 1 is 1.27 bits per heavy atom. The van der Waals surface area contributed by atoms with Gasteiger partial charge in [0.2, 0.25) is 5.91 Å². The Labute approximate surface area is 90.1 Å². The van der Waals surface area contributed by atoms with Crippen molar-refractivity contribution in [3.05, 3.63) is 29.8 Å². The van der Waals surface area contributed by atoms with Crippen molar-refractivity contribution < 1.29 is 4.79 Å². The number of anilines is 1. The molecule has 1 aliphatic heterocycles. The molecule has 2 rings (SSSR count). The van der Waals surface area contributed by atoms with Gasteiger partial charge in [0, 0.05) is 38.7 Å². The minimum Gasteiger partial charge on any atom is -0.378 e. The molecule has 1 amide bonds. The number of hydrogen-bond donors (Lipinski definition) is 1. The molecule has 0 bridgehead atoms. The summed E-state index contributed by atoms with van der Waals surface area (Å²) >= 11 is 0. The van der Waals surface area contributed by atoms with E-state index in [1.807, 2.05) is 14.1 Å². The summed E-state index contributed by atoms with van der Waals surface area (Å²) in [6.07, 6.45) is 0.626. The molecule has 0 spiro atoms. The van der Waals surface area contributed by atoms with Crippen LogP contribution in [0.5, 0.6) is 0 Å². The second kappa shape index (κ2) is 3.93. The van der Waals surface area contributed by atoms with Gasteiger partial charge in [-0.1, -0.05) is 12.1 Å². The highest BCUT2D eigenvalue weighted by atomic mass is 16.1. The van der Waals surface area contributed by atoms with Crippen molar-refractivity contribution in [1.82, 2.24) is 5.32 Å². The molecular formula is C12H16N2O. The van der Waals surface area contributed by atoms with Crippen LogP contribution in [0.2, 0.25) is 0 Å². The number of carbonyl (C=O) groups is 1. The first kappa shape index (κ1) is 10.0. The topological polar surface area (TPSA) is 32.3 Å². The van der Waals surface area contributed by atoms with Crippen LogP contribution in [0.25, 0.3) is 0 Å². The number of rotatable bonds is 2. The van der Waals surface area contributed by atoms with Gasteiger partial charge >= 0.3 is 0 Å². The van der Waals surface area contributed by atoms with Crippen molar-refractivity contribution in [1.29, 1.82) is 0 Å². The maximum atomic E-state index is 11.1. The number of nitrogens with zero attached hydrogens (tertiary/aromatic N) is 1. The molecule has 15 heavy (non-hydrogen) atoms. The Morgan fingerprint density at radius 2 is 1.93 bits per heavy atom. The molecule has 1 unspecified atom stereocenters. The molecule has 80 valence electrons. The van der Waals surface area contributed by atoms with Gasteiger partial charge in [-0.05, 0) is 17.7 Å². The molecule has 3 heteroatoms. The predicted octanol–water partition coefficient (Wildman–Crippen LogP) is 1.36. The number of amides is 1. The van der Waals surface area contributed by atoms with Crippen LogP contribution in [-0.4, -0.2) is 26.5 Å². The lowest BCUT2D eigenvalue weighted by Gasteiger charge is -2.14. The molecule has 1 saturated heterocycles. The van der Waals surface area contributed by atoms with Crippen LogP contribution in [0.1, 0.15) is 17.9 Å². The van der Waals surface area contributed by atoms with Gasteiger partial charge in [0.15, 0.2) is 0 Å². The van der Waals surface area contributed by atoms with E-state index >= 15 is 0 Å². The summed E-state index contributed by atoms with van der Waals surface area (Å²) in [7, 11) is 4.05. The normalized spacial score (nSPS) is 20.1. The molecule has 0 saturated carbocycles. The average molecular weight is 204 g/mol. The summed E-state index contributed by atoms with van der Waals surface area (Å²) in [6, 6.07) is 8.41. The first-order chi connectivity index (χ1) is 7.16. The number of nitrogens with one attached hydrogen (secondary N) is 1. The lowest BCUT2D eigenvalue weighted by Crippen LogP contribution is -2.13. The number of hydrogen-bond acceptors (Lipinski definition) is 2. The van der Waals surface area contributed by atoms with Gasteiger partial charge in [-0.2, -0.15) is 0 Å². The van der Waals surface area contributed by atoms with Crippen LogP contribution in [0.4, 0.5) is 5.69 Å². The molecular weight excluding hydrogens is 188 g/mol. The molecule has 0 aromatic heterocycles. The molecule has 0 radical (unpaired) electrons.